The van der Waals surface area contributed by atoms with E-state index in [4.69, 9.17) is 5.11 Å². The van der Waals surface area contributed by atoms with Crippen LogP contribution in [0.15, 0.2) is 0 Å². The summed E-state index contributed by atoms with van der Waals surface area (Å²) in [5.74, 6) is -0.653. The Balaban J connectivity index is 0. The monoisotopic (exact) mass is 192 g/mol. The van der Waals surface area contributed by atoms with Crippen LogP contribution in [0.5, 0.6) is 0 Å². The molecule has 0 bridgehead atoms. The van der Waals surface area contributed by atoms with Crippen molar-refractivity contribution in [3.63, 3.8) is 0 Å². The highest BCUT2D eigenvalue weighted by atomic mass is 31.0. The number of carboxylic acids is 1. The van der Waals surface area contributed by atoms with Crippen molar-refractivity contribution >= 4 is 15.2 Å². The van der Waals surface area contributed by atoms with E-state index in [1.807, 2.05) is 27.4 Å². The molecule has 0 heterocycles. The van der Waals surface area contributed by atoms with Gasteiger partial charge in [0.25, 0.3) is 0 Å². The Kier molecular flexibility index (Phi) is 9.07. The highest BCUT2D eigenvalue weighted by Gasteiger charge is 2.32. The summed E-state index contributed by atoms with van der Waals surface area (Å²) in [4.78, 5) is 10.7. The highest BCUT2D eigenvalue weighted by molar-refractivity contribution is 7.15. The number of aliphatic carboxylic acids is 1. The molecule has 74 valence electrons. The molecule has 0 amide bonds. The van der Waals surface area contributed by atoms with Crippen LogP contribution in [0.3, 0.4) is 0 Å². The molecule has 0 fully saturated rings. The van der Waals surface area contributed by atoms with Crippen molar-refractivity contribution < 1.29 is 9.90 Å². The lowest BCUT2D eigenvalue weighted by atomic mass is 9.80. The van der Waals surface area contributed by atoms with Gasteiger partial charge in [0.05, 0.1) is 5.41 Å². The maximum atomic E-state index is 10.7. The lowest BCUT2D eigenvalue weighted by Crippen LogP contribution is -2.28. The van der Waals surface area contributed by atoms with E-state index < -0.39 is 11.4 Å². The fourth-order valence-electron chi connectivity index (χ4n) is 1.20. The Hall–Kier alpha value is -0.100. The standard InChI is InChI=1S/C8H16O2.CH5P/c1-4-8(5-2,6-3)7(9)10;1-2/h4-6H2,1-3H3,(H,9,10);2H2,1H3. The zero-order chi connectivity index (χ0) is 10.2. The first kappa shape index (κ1) is 14.4. The summed E-state index contributed by atoms with van der Waals surface area (Å²) in [7, 11) is 2.42. The third-order valence-electron chi connectivity index (χ3n) is 2.48. The van der Waals surface area contributed by atoms with Crippen LogP contribution in [0.2, 0.25) is 0 Å². The molecule has 0 aliphatic carbocycles. The van der Waals surface area contributed by atoms with Gasteiger partial charge >= 0.3 is 5.97 Å². The zero-order valence-corrected chi connectivity index (χ0v) is 9.71. The third kappa shape index (κ3) is 3.53. The first-order valence-electron chi connectivity index (χ1n) is 4.44. The smallest absolute Gasteiger partial charge is 0.309 e. The molecule has 0 aliphatic rings. The van der Waals surface area contributed by atoms with Crippen LogP contribution in [-0.4, -0.2) is 17.7 Å². The van der Waals surface area contributed by atoms with Crippen molar-refractivity contribution in [3.05, 3.63) is 0 Å². The molecule has 2 nitrogen and oxygen atoms in total. The molecule has 0 spiro atoms. The van der Waals surface area contributed by atoms with Gasteiger partial charge < -0.3 is 5.11 Å². The second kappa shape index (κ2) is 7.54. The second-order valence-electron chi connectivity index (χ2n) is 2.65. The van der Waals surface area contributed by atoms with Crippen molar-refractivity contribution in [2.75, 3.05) is 6.66 Å². The SMILES string of the molecule is CCC(CC)(CC)C(=O)O.CP. The molecule has 12 heavy (non-hydrogen) atoms. The number of carbonyl (C=O) groups is 1. The zero-order valence-electron chi connectivity index (χ0n) is 8.55. The maximum Gasteiger partial charge on any atom is 0.309 e. The van der Waals surface area contributed by atoms with Gasteiger partial charge in [0.1, 0.15) is 0 Å². The molecule has 1 atom stereocenters. The Bertz CT molecular complexity index is 111. The Morgan fingerprint density at radius 1 is 1.17 bits per heavy atom. The van der Waals surface area contributed by atoms with E-state index in [1.54, 1.807) is 0 Å². The van der Waals surface area contributed by atoms with Crippen LogP contribution in [0, 0.1) is 5.41 Å². The van der Waals surface area contributed by atoms with Crippen molar-refractivity contribution in [1.82, 2.24) is 0 Å². The second-order valence-corrected chi connectivity index (χ2v) is 2.65. The van der Waals surface area contributed by atoms with E-state index in [0.717, 1.165) is 19.3 Å². The van der Waals surface area contributed by atoms with Gasteiger partial charge in [-0.05, 0) is 19.3 Å². The van der Waals surface area contributed by atoms with Gasteiger partial charge in [-0.3, -0.25) is 4.79 Å². The van der Waals surface area contributed by atoms with E-state index >= 15 is 0 Å². The summed E-state index contributed by atoms with van der Waals surface area (Å²) < 4.78 is 0. The normalized spacial score (nSPS) is 10.1. The fourth-order valence-corrected chi connectivity index (χ4v) is 1.20. The van der Waals surface area contributed by atoms with Crippen molar-refractivity contribution in [2.45, 2.75) is 40.0 Å². The number of hydrogen-bond donors (Lipinski definition) is 1. The molecule has 0 saturated heterocycles. The summed E-state index contributed by atoms with van der Waals surface area (Å²) in [5.41, 5.74) is -0.458. The molecule has 0 aromatic carbocycles. The van der Waals surface area contributed by atoms with E-state index in [0.29, 0.717) is 0 Å². The molecule has 0 aromatic rings. The Morgan fingerprint density at radius 3 is 1.42 bits per heavy atom. The Morgan fingerprint density at radius 2 is 1.42 bits per heavy atom. The van der Waals surface area contributed by atoms with E-state index in [1.165, 1.54) is 0 Å². The lowest BCUT2D eigenvalue weighted by Gasteiger charge is -2.24. The predicted octanol–water partition coefficient (Wildman–Crippen LogP) is 2.78. The fraction of sp³-hybridized carbons (Fsp3) is 0.889. The van der Waals surface area contributed by atoms with Crippen molar-refractivity contribution in [2.24, 2.45) is 5.41 Å². The minimum atomic E-state index is -0.653. The minimum Gasteiger partial charge on any atom is -0.481 e. The molecule has 0 aromatic heterocycles. The van der Waals surface area contributed by atoms with Gasteiger partial charge in [0.2, 0.25) is 0 Å². The average molecular weight is 192 g/mol. The molecule has 0 rings (SSSR count). The number of rotatable bonds is 4. The topological polar surface area (TPSA) is 37.3 Å². The number of carboxylic acid groups (broad SMARTS) is 1. The summed E-state index contributed by atoms with van der Waals surface area (Å²) >= 11 is 0. The molecular formula is C9H21O2P. The van der Waals surface area contributed by atoms with Crippen LogP contribution in [-0.2, 0) is 4.79 Å². The lowest BCUT2D eigenvalue weighted by molar-refractivity contribution is -0.149. The quantitative estimate of drug-likeness (QED) is 0.695. The third-order valence-corrected chi connectivity index (χ3v) is 2.48. The molecule has 1 N–H and O–H groups in total. The van der Waals surface area contributed by atoms with Gasteiger partial charge in [0, 0.05) is 0 Å². The van der Waals surface area contributed by atoms with Gasteiger partial charge in [-0.2, -0.15) is 0 Å². The molecule has 0 aliphatic heterocycles. The van der Waals surface area contributed by atoms with Gasteiger partial charge in [-0.1, -0.05) is 27.4 Å². The molecule has 0 saturated carbocycles. The maximum absolute atomic E-state index is 10.7. The minimum absolute atomic E-state index is 0.458. The van der Waals surface area contributed by atoms with Crippen LogP contribution in [0.4, 0.5) is 0 Å². The van der Waals surface area contributed by atoms with E-state index in [2.05, 4.69) is 9.24 Å². The summed E-state index contributed by atoms with van der Waals surface area (Å²) in [6, 6.07) is 0. The van der Waals surface area contributed by atoms with Gasteiger partial charge in [-0.15, -0.1) is 9.24 Å². The number of hydrogen-bond acceptors (Lipinski definition) is 1. The predicted molar refractivity (Wildman–Crippen MR) is 56.6 cm³/mol. The first-order valence-corrected chi connectivity index (χ1v) is 5.59. The highest BCUT2D eigenvalue weighted by Crippen LogP contribution is 2.30. The largest absolute Gasteiger partial charge is 0.481 e. The molecule has 3 heteroatoms. The molecule has 1 unspecified atom stereocenters. The summed E-state index contributed by atoms with van der Waals surface area (Å²) in [6.45, 7) is 7.71. The molecular weight excluding hydrogens is 171 g/mol. The van der Waals surface area contributed by atoms with Gasteiger partial charge in [0.15, 0.2) is 0 Å². The first-order chi connectivity index (χ1) is 5.63. The van der Waals surface area contributed by atoms with Crippen LogP contribution in [0.1, 0.15) is 40.0 Å². The Labute approximate surface area is 78.0 Å². The van der Waals surface area contributed by atoms with Crippen LogP contribution in [0.25, 0.3) is 0 Å². The van der Waals surface area contributed by atoms with Crippen molar-refractivity contribution in [1.29, 1.82) is 0 Å². The van der Waals surface area contributed by atoms with E-state index in [-0.39, 0.29) is 0 Å². The molecule has 0 radical (unpaired) electrons. The van der Waals surface area contributed by atoms with Crippen LogP contribution < -0.4 is 0 Å². The summed E-state index contributed by atoms with van der Waals surface area (Å²) in [6.07, 6.45) is 2.19. The summed E-state index contributed by atoms with van der Waals surface area (Å²) in [5, 5.41) is 8.82. The van der Waals surface area contributed by atoms with Crippen LogP contribution >= 0.6 is 9.24 Å². The van der Waals surface area contributed by atoms with Crippen molar-refractivity contribution in [3.8, 4) is 0 Å². The van der Waals surface area contributed by atoms with E-state index in [9.17, 15) is 4.79 Å². The average Bonchev–Trinajstić information content (AvgIpc) is 2.11. The van der Waals surface area contributed by atoms with Gasteiger partial charge in [-0.25, -0.2) is 0 Å².